The van der Waals surface area contributed by atoms with Crippen LogP contribution in [0, 0.1) is 11.3 Å². The second-order valence-electron chi connectivity index (χ2n) is 4.31. The number of benzene rings is 1. The Balaban J connectivity index is 2.41. The van der Waals surface area contributed by atoms with Gasteiger partial charge in [0.05, 0.1) is 18.8 Å². The predicted octanol–water partition coefficient (Wildman–Crippen LogP) is 1.82. The molecule has 0 aliphatic carbocycles. The molecule has 0 spiro atoms. The van der Waals surface area contributed by atoms with Crippen molar-refractivity contribution in [2.75, 3.05) is 13.7 Å². The molecule has 0 heterocycles. The van der Waals surface area contributed by atoms with E-state index in [1.165, 1.54) is 0 Å². The normalized spacial score (nSPS) is 11.9. The van der Waals surface area contributed by atoms with Crippen molar-refractivity contribution in [2.45, 2.75) is 32.4 Å². The number of aliphatic hydroxyl groups is 1. The molecule has 1 atom stereocenters. The predicted molar refractivity (Wildman–Crippen MR) is 70.3 cm³/mol. The van der Waals surface area contributed by atoms with E-state index < -0.39 is 0 Å². The summed E-state index contributed by atoms with van der Waals surface area (Å²) in [5.41, 5.74) is 1.62. The molecular formula is C14H20N2O2. The summed E-state index contributed by atoms with van der Waals surface area (Å²) in [5, 5.41) is 21.4. The van der Waals surface area contributed by atoms with Gasteiger partial charge in [0, 0.05) is 6.54 Å². The molecule has 0 fully saturated rings. The minimum Gasteiger partial charge on any atom is -0.495 e. The quantitative estimate of drug-likeness (QED) is 0.722. The fourth-order valence-electron chi connectivity index (χ4n) is 1.71. The van der Waals surface area contributed by atoms with Crippen LogP contribution in [0.2, 0.25) is 0 Å². The smallest absolute Gasteiger partial charge is 0.136 e. The summed E-state index contributed by atoms with van der Waals surface area (Å²) < 4.78 is 5.09. The van der Waals surface area contributed by atoms with Crippen LogP contribution < -0.4 is 10.1 Å². The molecule has 0 saturated heterocycles. The molecule has 1 aromatic carbocycles. The molecule has 18 heavy (non-hydrogen) atoms. The Labute approximate surface area is 108 Å². The summed E-state index contributed by atoms with van der Waals surface area (Å²) >= 11 is 0. The van der Waals surface area contributed by atoms with Gasteiger partial charge >= 0.3 is 0 Å². The summed E-state index contributed by atoms with van der Waals surface area (Å²) in [7, 11) is 1.56. The van der Waals surface area contributed by atoms with Crippen LogP contribution in [0.25, 0.3) is 0 Å². The van der Waals surface area contributed by atoms with Gasteiger partial charge in [-0.1, -0.05) is 6.07 Å². The van der Waals surface area contributed by atoms with Crippen molar-refractivity contribution in [2.24, 2.45) is 0 Å². The van der Waals surface area contributed by atoms with E-state index in [0.29, 0.717) is 11.3 Å². The number of nitriles is 1. The molecule has 98 valence electrons. The molecule has 0 aliphatic rings. The average molecular weight is 248 g/mol. The van der Waals surface area contributed by atoms with Gasteiger partial charge in [-0.25, -0.2) is 0 Å². The highest BCUT2D eigenvalue weighted by atomic mass is 16.5. The Bertz CT molecular complexity index is 411. The van der Waals surface area contributed by atoms with Gasteiger partial charge in [0.15, 0.2) is 0 Å². The number of methoxy groups -OCH3 is 1. The van der Waals surface area contributed by atoms with Crippen molar-refractivity contribution in [3.05, 3.63) is 29.3 Å². The van der Waals surface area contributed by atoms with E-state index in [4.69, 9.17) is 15.1 Å². The molecule has 0 bridgehead atoms. The number of rotatable bonds is 7. The second kappa shape index (κ2) is 7.70. The minimum absolute atomic E-state index is 0.238. The van der Waals surface area contributed by atoms with Crippen molar-refractivity contribution in [3.8, 4) is 11.8 Å². The van der Waals surface area contributed by atoms with Gasteiger partial charge in [0.25, 0.3) is 0 Å². The summed E-state index contributed by atoms with van der Waals surface area (Å²) in [4.78, 5) is 0. The molecule has 1 aromatic rings. The minimum atomic E-state index is -0.238. The summed E-state index contributed by atoms with van der Waals surface area (Å²) in [6.07, 6.45) is 1.51. The van der Waals surface area contributed by atoms with Crippen LogP contribution >= 0.6 is 0 Å². The first-order valence-electron chi connectivity index (χ1n) is 6.13. The summed E-state index contributed by atoms with van der Waals surface area (Å²) in [6.45, 7) is 3.37. The van der Waals surface area contributed by atoms with E-state index in [1.807, 2.05) is 18.2 Å². The average Bonchev–Trinajstić information content (AvgIpc) is 2.37. The van der Waals surface area contributed by atoms with Crippen molar-refractivity contribution in [1.29, 1.82) is 5.26 Å². The van der Waals surface area contributed by atoms with Gasteiger partial charge < -0.3 is 15.2 Å². The zero-order valence-electron chi connectivity index (χ0n) is 10.9. The van der Waals surface area contributed by atoms with Crippen molar-refractivity contribution < 1.29 is 9.84 Å². The van der Waals surface area contributed by atoms with Crippen LogP contribution in [0.1, 0.15) is 30.9 Å². The lowest BCUT2D eigenvalue weighted by Gasteiger charge is -2.08. The summed E-state index contributed by atoms with van der Waals surface area (Å²) in [6, 6.07) is 7.71. The van der Waals surface area contributed by atoms with Crippen molar-refractivity contribution in [3.63, 3.8) is 0 Å². The molecule has 0 aliphatic heterocycles. The molecule has 0 aromatic heterocycles. The number of aliphatic hydroxyl groups excluding tert-OH is 1. The molecule has 1 unspecified atom stereocenters. The third-order valence-electron chi connectivity index (χ3n) is 2.69. The Hall–Kier alpha value is -1.57. The number of nitrogens with zero attached hydrogens (tertiary/aromatic N) is 1. The van der Waals surface area contributed by atoms with Crippen LogP contribution in [0.5, 0.6) is 5.75 Å². The maximum absolute atomic E-state index is 9.12. The highest BCUT2D eigenvalue weighted by Crippen LogP contribution is 2.18. The Kier molecular flexibility index (Phi) is 6.20. The standard InChI is InChI=1S/C14H20N2O2/c1-11(17)4-3-7-16-10-12-5-6-14(18-2)13(8-12)9-15/h5-6,8,11,16-17H,3-4,7,10H2,1-2H3. The van der Waals surface area contributed by atoms with Gasteiger partial charge in [-0.2, -0.15) is 5.26 Å². The van der Waals surface area contributed by atoms with Crippen LogP contribution in [0.15, 0.2) is 18.2 Å². The van der Waals surface area contributed by atoms with Crippen LogP contribution in [-0.4, -0.2) is 24.9 Å². The number of hydrogen-bond donors (Lipinski definition) is 2. The molecule has 0 radical (unpaired) electrons. The molecule has 2 N–H and O–H groups in total. The van der Waals surface area contributed by atoms with Gasteiger partial charge in [0.1, 0.15) is 11.8 Å². The molecular weight excluding hydrogens is 228 g/mol. The first-order chi connectivity index (χ1) is 8.67. The number of nitrogens with one attached hydrogen (secondary N) is 1. The highest BCUT2D eigenvalue weighted by Gasteiger charge is 2.03. The molecule has 4 heteroatoms. The topological polar surface area (TPSA) is 65.3 Å². The van der Waals surface area contributed by atoms with Gasteiger partial charge in [0.2, 0.25) is 0 Å². The number of ether oxygens (including phenoxy) is 1. The first kappa shape index (κ1) is 14.5. The van der Waals surface area contributed by atoms with E-state index in [9.17, 15) is 0 Å². The maximum Gasteiger partial charge on any atom is 0.136 e. The fourth-order valence-corrected chi connectivity index (χ4v) is 1.71. The number of hydrogen-bond acceptors (Lipinski definition) is 4. The SMILES string of the molecule is COc1ccc(CNCCCC(C)O)cc1C#N. The van der Waals surface area contributed by atoms with E-state index in [-0.39, 0.29) is 6.10 Å². The Morgan fingerprint density at radius 1 is 1.50 bits per heavy atom. The molecule has 0 amide bonds. The van der Waals surface area contributed by atoms with E-state index in [2.05, 4.69) is 11.4 Å². The highest BCUT2D eigenvalue weighted by molar-refractivity contribution is 5.45. The summed E-state index contributed by atoms with van der Waals surface area (Å²) in [5.74, 6) is 0.607. The molecule has 0 saturated carbocycles. The molecule has 1 rings (SSSR count). The van der Waals surface area contributed by atoms with E-state index >= 15 is 0 Å². The van der Waals surface area contributed by atoms with Crippen molar-refractivity contribution >= 4 is 0 Å². The van der Waals surface area contributed by atoms with Gasteiger partial charge in [-0.3, -0.25) is 0 Å². The Morgan fingerprint density at radius 3 is 2.89 bits per heavy atom. The third-order valence-corrected chi connectivity index (χ3v) is 2.69. The lowest BCUT2D eigenvalue weighted by atomic mass is 10.1. The zero-order chi connectivity index (χ0) is 13.4. The molecule has 4 nitrogen and oxygen atoms in total. The first-order valence-corrected chi connectivity index (χ1v) is 6.13. The van der Waals surface area contributed by atoms with E-state index in [1.54, 1.807) is 14.0 Å². The zero-order valence-corrected chi connectivity index (χ0v) is 10.9. The van der Waals surface area contributed by atoms with Crippen LogP contribution in [-0.2, 0) is 6.54 Å². The Morgan fingerprint density at radius 2 is 2.28 bits per heavy atom. The van der Waals surface area contributed by atoms with Crippen LogP contribution in [0.3, 0.4) is 0 Å². The largest absolute Gasteiger partial charge is 0.495 e. The lowest BCUT2D eigenvalue weighted by Crippen LogP contribution is -2.16. The fraction of sp³-hybridized carbons (Fsp3) is 0.500. The third kappa shape index (κ3) is 4.74. The van der Waals surface area contributed by atoms with Crippen LogP contribution in [0.4, 0.5) is 0 Å². The van der Waals surface area contributed by atoms with E-state index in [0.717, 1.165) is 31.5 Å². The van der Waals surface area contributed by atoms with Crippen molar-refractivity contribution in [1.82, 2.24) is 5.32 Å². The monoisotopic (exact) mass is 248 g/mol. The van der Waals surface area contributed by atoms with Gasteiger partial charge in [-0.05, 0) is 44.0 Å². The van der Waals surface area contributed by atoms with Gasteiger partial charge in [-0.15, -0.1) is 0 Å². The second-order valence-corrected chi connectivity index (χ2v) is 4.31. The maximum atomic E-state index is 9.12. The lowest BCUT2D eigenvalue weighted by molar-refractivity contribution is 0.181.